The Morgan fingerprint density at radius 2 is 2.13 bits per heavy atom. The molecule has 0 aromatic carbocycles. The molecular formula is C11H18N4. The third kappa shape index (κ3) is 2.65. The molecule has 1 aromatic rings. The van der Waals surface area contributed by atoms with Crippen molar-refractivity contribution in [1.29, 1.82) is 0 Å². The Morgan fingerprint density at radius 3 is 2.80 bits per heavy atom. The van der Waals surface area contributed by atoms with E-state index in [1.165, 1.54) is 12.8 Å². The zero-order chi connectivity index (χ0) is 10.7. The number of aryl methyl sites for hydroxylation is 1. The molecule has 1 saturated heterocycles. The number of anilines is 1. The summed E-state index contributed by atoms with van der Waals surface area (Å²) in [5.74, 6) is 0.737. The van der Waals surface area contributed by atoms with Crippen molar-refractivity contribution < 1.29 is 0 Å². The van der Waals surface area contributed by atoms with Gasteiger partial charge in [0.05, 0.1) is 0 Å². The quantitative estimate of drug-likeness (QED) is 0.766. The van der Waals surface area contributed by atoms with Gasteiger partial charge in [-0.25, -0.2) is 9.97 Å². The highest BCUT2D eigenvalue weighted by Gasteiger charge is 2.20. The van der Waals surface area contributed by atoms with E-state index in [1.54, 1.807) is 0 Å². The largest absolute Gasteiger partial charge is 0.350 e. The van der Waals surface area contributed by atoms with Gasteiger partial charge in [0.25, 0.3) is 0 Å². The van der Waals surface area contributed by atoms with E-state index in [9.17, 15) is 0 Å². The Labute approximate surface area is 90.5 Å². The van der Waals surface area contributed by atoms with Gasteiger partial charge in [-0.15, -0.1) is 0 Å². The van der Waals surface area contributed by atoms with Crippen LogP contribution in [0, 0.1) is 6.92 Å². The minimum absolute atomic E-state index is 0.446. The first-order valence-corrected chi connectivity index (χ1v) is 5.54. The molecule has 1 aromatic heterocycles. The Hall–Kier alpha value is -1.16. The van der Waals surface area contributed by atoms with Crippen LogP contribution in [0.1, 0.15) is 25.3 Å². The summed E-state index contributed by atoms with van der Waals surface area (Å²) >= 11 is 0. The highest BCUT2D eigenvalue weighted by atomic mass is 15.1. The molecule has 0 radical (unpaired) electrons. The van der Waals surface area contributed by atoms with Crippen LogP contribution in [0.3, 0.4) is 0 Å². The molecule has 2 rings (SSSR count). The van der Waals surface area contributed by atoms with Crippen molar-refractivity contribution >= 4 is 5.95 Å². The molecule has 4 heteroatoms. The van der Waals surface area contributed by atoms with Crippen molar-refractivity contribution in [2.45, 2.75) is 38.8 Å². The fourth-order valence-electron chi connectivity index (χ4n) is 1.87. The first kappa shape index (κ1) is 10.4. The molecule has 1 fully saturated rings. The van der Waals surface area contributed by atoms with Crippen LogP contribution in [0.4, 0.5) is 5.95 Å². The average Bonchev–Trinajstić information content (AvgIpc) is 2.25. The molecule has 2 atom stereocenters. The first-order valence-electron chi connectivity index (χ1n) is 5.54. The maximum Gasteiger partial charge on any atom is 0.222 e. The van der Waals surface area contributed by atoms with Gasteiger partial charge in [0, 0.05) is 24.5 Å². The Morgan fingerprint density at radius 1 is 1.40 bits per heavy atom. The fourth-order valence-corrected chi connectivity index (χ4v) is 1.87. The van der Waals surface area contributed by atoms with Crippen molar-refractivity contribution in [3.8, 4) is 0 Å². The number of hydrogen-bond donors (Lipinski definition) is 2. The van der Waals surface area contributed by atoms with Crippen LogP contribution < -0.4 is 10.6 Å². The summed E-state index contributed by atoms with van der Waals surface area (Å²) in [5, 5.41) is 6.82. The SMILES string of the molecule is Cc1cnc(NC2CCCNC2C)nc1. The van der Waals surface area contributed by atoms with E-state index in [0.29, 0.717) is 12.1 Å². The Bertz CT molecular complexity index is 309. The summed E-state index contributed by atoms with van der Waals surface area (Å²) in [5.41, 5.74) is 1.09. The van der Waals surface area contributed by atoms with Gasteiger partial charge < -0.3 is 10.6 Å². The van der Waals surface area contributed by atoms with E-state index in [1.807, 2.05) is 19.3 Å². The molecule has 1 aliphatic rings. The number of aromatic nitrogens is 2. The molecular weight excluding hydrogens is 188 g/mol. The van der Waals surface area contributed by atoms with E-state index in [0.717, 1.165) is 18.1 Å². The maximum atomic E-state index is 4.26. The van der Waals surface area contributed by atoms with E-state index < -0.39 is 0 Å². The minimum atomic E-state index is 0.446. The van der Waals surface area contributed by atoms with Crippen LogP contribution in [0.5, 0.6) is 0 Å². The van der Waals surface area contributed by atoms with Crippen LogP contribution in [0.15, 0.2) is 12.4 Å². The van der Waals surface area contributed by atoms with E-state index in [2.05, 4.69) is 27.5 Å². The lowest BCUT2D eigenvalue weighted by Crippen LogP contribution is -2.46. The predicted octanol–water partition coefficient (Wildman–Crippen LogP) is 1.34. The molecule has 4 nitrogen and oxygen atoms in total. The van der Waals surface area contributed by atoms with Gasteiger partial charge in [0.1, 0.15) is 0 Å². The lowest BCUT2D eigenvalue weighted by atomic mass is 10.0. The molecule has 2 unspecified atom stereocenters. The van der Waals surface area contributed by atoms with Crippen LogP contribution in [-0.4, -0.2) is 28.6 Å². The summed E-state index contributed by atoms with van der Waals surface area (Å²) in [6.07, 6.45) is 6.09. The fraction of sp³-hybridized carbons (Fsp3) is 0.636. The van der Waals surface area contributed by atoms with E-state index in [4.69, 9.17) is 0 Å². The molecule has 0 saturated carbocycles. The Balaban J connectivity index is 1.98. The summed E-state index contributed by atoms with van der Waals surface area (Å²) in [6.45, 7) is 5.31. The summed E-state index contributed by atoms with van der Waals surface area (Å²) in [7, 11) is 0. The molecule has 2 N–H and O–H groups in total. The average molecular weight is 206 g/mol. The third-order valence-corrected chi connectivity index (χ3v) is 2.86. The number of rotatable bonds is 2. The van der Waals surface area contributed by atoms with Crippen molar-refractivity contribution in [1.82, 2.24) is 15.3 Å². The van der Waals surface area contributed by atoms with Crippen LogP contribution in [-0.2, 0) is 0 Å². The third-order valence-electron chi connectivity index (χ3n) is 2.86. The van der Waals surface area contributed by atoms with Crippen LogP contribution >= 0.6 is 0 Å². The molecule has 0 spiro atoms. The first-order chi connectivity index (χ1) is 7.25. The van der Waals surface area contributed by atoms with Gasteiger partial charge in [-0.2, -0.15) is 0 Å². The zero-order valence-electron chi connectivity index (χ0n) is 9.33. The van der Waals surface area contributed by atoms with Gasteiger partial charge >= 0.3 is 0 Å². The lowest BCUT2D eigenvalue weighted by molar-refractivity contribution is 0.388. The number of nitrogens with zero attached hydrogens (tertiary/aromatic N) is 2. The topological polar surface area (TPSA) is 49.8 Å². The standard InChI is InChI=1S/C11H18N4/c1-8-6-13-11(14-7-8)15-10-4-3-5-12-9(10)2/h6-7,9-10,12H,3-5H2,1-2H3,(H,13,14,15). The second-order valence-electron chi connectivity index (χ2n) is 4.22. The van der Waals surface area contributed by atoms with Crippen molar-refractivity contribution in [3.05, 3.63) is 18.0 Å². The highest BCUT2D eigenvalue weighted by molar-refractivity contribution is 5.27. The summed E-state index contributed by atoms with van der Waals surface area (Å²) < 4.78 is 0. The van der Waals surface area contributed by atoms with Crippen LogP contribution in [0.25, 0.3) is 0 Å². The highest BCUT2D eigenvalue weighted by Crippen LogP contribution is 2.12. The second-order valence-corrected chi connectivity index (χ2v) is 4.22. The monoisotopic (exact) mass is 206 g/mol. The predicted molar refractivity (Wildman–Crippen MR) is 60.9 cm³/mol. The molecule has 82 valence electrons. The van der Waals surface area contributed by atoms with Gasteiger partial charge in [-0.05, 0) is 38.8 Å². The van der Waals surface area contributed by atoms with Gasteiger partial charge in [0.2, 0.25) is 5.95 Å². The van der Waals surface area contributed by atoms with Crippen molar-refractivity contribution in [2.24, 2.45) is 0 Å². The van der Waals surface area contributed by atoms with E-state index in [-0.39, 0.29) is 0 Å². The normalized spacial score (nSPS) is 26.3. The van der Waals surface area contributed by atoms with Crippen molar-refractivity contribution in [2.75, 3.05) is 11.9 Å². The number of piperidine rings is 1. The van der Waals surface area contributed by atoms with Gasteiger partial charge in [0.15, 0.2) is 0 Å². The van der Waals surface area contributed by atoms with Crippen LogP contribution in [0.2, 0.25) is 0 Å². The van der Waals surface area contributed by atoms with Gasteiger partial charge in [-0.3, -0.25) is 0 Å². The number of hydrogen-bond acceptors (Lipinski definition) is 4. The van der Waals surface area contributed by atoms with E-state index >= 15 is 0 Å². The Kier molecular flexibility index (Phi) is 3.16. The molecule has 0 bridgehead atoms. The summed E-state index contributed by atoms with van der Waals surface area (Å²) in [6, 6.07) is 0.935. The molecule has 15 heavy (non-hydrogen) atoms. The zero-order valence-corrected chi connectivity index (χ0v) is 9.33. The maximum absolute atomic E-state index is 4.26. The minimum Gasteiger partial charge on any atom is -0.350 e. The second kappa shape index (κ2) is 4.57. The molecule has 1 aliphatic heterocycles. The lowest BCUT2D eigenvalue weighted by Gasteiger charge is -2.30. The van der Waals surface area contributed by atoms with Gasteiger partial charge in [-0.1, -0.05) is 0 Å². The smallest absolute Gasteiger partial charge is 0.222 e. The molecule has 2 heterocycles. The van der Waals surface area contributed by atoms with Crippen molar-refractivity contribution in [3.63, 3.8) is 0 Å². The summed E-state index contributed by atoms with van der Waals surface area (Å²) in [4.78, 5) is 8.51. The number of nitrogens with one attached hydrogen (secondary N) is 2. The molecule has 0 aliphatic carbocycles. The molecule has 0 amide bonds.